The van der Waals surface area contributed by atoms with Gasteiger partial charge in [-0.2, -0.15) is 0 Å². The van der Waals surface area contributed by atoms with Crippen LogP contribution in [0.4, 0.5) is 4.39 Å². The molecule has 9 nitrogen and oxygen atoms in total. The van der Waals surface area contributed by atoms with Crippen LogP contribution in [0.3, 0.4) is 0 Å². The Hall–Kier alpha value is -4.31. The predicted molar refractivity (Wildman–Crippen MR) is 161 cm³/mol. The van der Waals surface area contributed by atoms with E-state index in [0.717, 1.165) is 17.2 Å². The molecule has 0 aliphatic carbocycles. The fourth-order valence-electron chi connectivity index (χ4n) is 4.93. The molecule has 43 heavy (non-hydrogen) atoms. The molecule has 1 aliphatic rings. The number of nitrogens with one attached hydrogen (secondary N) is 3. The van der Waals surface area contributed by atoms with Crippen LogP contribution in [0.25, 0.3) is 0 Å². The maximum atomic E-state index is 14.8. The minimum Gasteiger partial charge on any atom is -0.355 e. The third kappa shape index (κ3) is 8.84. The largest absolute Gasteiger partial charge is 0.355 e. The lowest BCUT2D eigenvalue weighted by Crippen LogP contribution is -2.55. The molecule has 4 amide bonds. The van der Waals surface area contributed by atoms with Crippen molar-refractivity contribution >= 4 is 35.2 Å². The SMILES string of the molecule is CC(C)[C@H]1NC(=O)c2cncc(c2)CCCNC(=O)CN(C(=O)c2ccc(Cl)cc2F)C[C@@H](Cc2ccccc2)NC1=O. The van der Waals surface area contributed by atoms with Crippen LogP contribution < -0.4 is 16.0 Å². The number of benzene rings is 2. The minimum absolute atomic E-state index is 0.0988. The van der Waals surface area contributed by atoms with Gasteiger partial charge in [0, 0.05) is 30.5 Å². The highest BCUT2D eigenvalue weighted by Crippen LogP contribution is 2.18. The molecule has 0 spiro atoms. The molecular formula is C32H35ClFN5O4. The van der Waals surface area contributed by atoms with Crippen molar-refractivity contribution in [2.24, 2.45) is 5.92 Å². The summed E-state index contributed by atoms with van der Waals surface area (Å²) in [6.45, 7) is 3.49. The molecule has 4 rings (SSSR count). The summed E-state index contributed by atoms with van der Waals surface area (Å²) >= 11 is 5.91. The fourth-order valence-corrected chi connectivity index (χ4v) is 5.09. The summed E-state index contributed by atoms with van der Waals surface area (Å²) in [6, 6.07) is 13.2. The highest BCUT2D eigenvalue weighted by atomic mass is 35.5. The van der Waals surface area contributed by atoms with Crippen molar-refractivity contribution in [3.63, 3.8) is 0 Å². The molecule has 2 heterocycles. The van der Waals surface area contributed by atoms with Crippen LogP contribution in [-0.2, 0) is 22.4 Å². The maximum absolute atomic E-state index is 14.8. The molecule has 3 aromatic rings. The lowest BCUT2D eigenvalue weighted by molar-refractivity contribution is -0.124. The molecule has 0 saturated carbocycles. The number of nitrogens with zero attached hydrogens (tertiary/aromatic N) is 2. The molecule has 2 bridgehead atoms. The number of amides is 4. The van der Waals surface area contributed by atoms with Crippen molar-refractivity contribution in [3.8, 4) is 0 Å². The molecule has 11 heteroatoms. The first-order chi connectivity index (χ1) is 20.6. The lowest BCUT2D eigenvalue weighted by atomic mass is 10.00. The summed E-state index contributed by atoms with van der Waals surface area (Å²) in [5.41, 5.74) is 1.76. The Bertz CT molecular complexity index is 1470. The highest BCUT2D eigenvalue weighted by molar-refractivity contribution is 6.30. The first kappa shape index (κ1) is 31.6. The van der Waals surface area contributed by atoms with Crippen molar-refractivity contribution in [2.75, 3.05) is 19.6 Å². The predicted octanol–water partition coefficient (Wildman–Crippen LogP) is 3.56. The average Bonchev–Trinajstić information content (AvgIpc) is 2.97. The van der Waals surface area contributed by atoms with Crippen molar-refractivity contribution in [1.29, 1.82) is 0 Å². The van der Waals surface area contributed by atoms with Crippen LogP contribution in [0.2, 0.25) is 5.02 Å². The number of fused-ring (bicyclic) bond motifs is 2. The Morgan fingerprint density at radius 3 is 2.56 bits per heavy atom. The van der Waals surface area contributed by atoms with Crippen LogP contribution in [0.1, 0.15) is 52.1 Å². The number of pyridine rings is 1. The van der Waals surface area contributed by atoms with E-state index in [9.17, 15) is 23.6 Å². The number of aryl methyl sites for hydroxylation is 1. The number of hydrogen-bond donors (Lipinski definition) is 3. The van der Waals surface area contributed by atoms with E-state index in [1.165, 1.54) is 23.2 Å². The third-order valence-corrected chi connectivity index (χ3v) is 7.39. The van der Waals surface area contributed by atoms with E-state index in [2.05, 4.69) is 20.9 Å². The lowest BCUT2D eigenvalue weighted by Gasteiger charge is -2.30. The second-order valence-corrected chi connectivity index (χ2v) is 11.4. The van der Waals surface area contributed by atoms with Crippen LogP contribution >= 0.6 is 11.6 Å². The van der Waals surface area contributed by atoms with Gasteiger partial charge >= 0.3 is 0 Å². The van der Waals surface area contributed by atoms with Gasteiger partial charge in [-0.1, -0.05) is 55.8 Å². The Kier molecular flexibility index (Phi) is 10.8. The standard InChI is InChI=1S/C32H35ClFN5O4/c1-20(2)29-31(42)37-25(14-21-7-4-3-5-8-21)18-39(32(43)26-11-10-24(33)15-27(26)34)19-28(40)36-12-6-9-22-13-23(17-35-16-22)30(41)38-29/h3-5,7-8,10-11,13,15-17,20,25,29H,6,9,12,14,18-19H2,1-2H3,(H,36,40)(H,37,42)(H,38,41)/t25-,29-/m1/s1. The highest BCUT2D eigenvalue weighted by Gasteiger charge is 2.30. The molecule has 2 aromatic carbocycles. The number of aromatic nitrogens is 1. The van der Waals surface area contributed by atoms with E-state index in [0.29, 0.717) is 31.4 Å². The van der Waals surface area contributed by atoms with Gasteiger partial charge in [-0.15, -0.1) is 0 Å². The van der Waals surface area contributed by atoms with E-state index in [1.807, 2.05) is 44.2 Å². The third-order valence-electron chi connectivity index (χ3n) is 7.15. The van der Waals surface area contributed by atoms with E-state index in [1.54, 1.807) is 12.3 Å². The number of rotatable bonds is 4. The van der Waals surface area contributed by atoms with Gasteiger partial charge in [-0.05, 0) is 60.6 Å². The molecule has 0 radical (unpaired) electrons. The summed E-state index contributed by atoms with van der Waals surface area (Å²) < 4.78 is 14.8. The quantitative estimate of drug-likeness (QED) is 0.419. The fraction of sp³-hybridized carbons (Fsp3) is 0.344. The van der Waals surface area contributed by atoms with E-state index in [-0.39, 0.29) is 29.6 Å². The summed E-state index contributed by atoms with van der Waals surface area (Å²) in [5, 5.41) is 8.76. The molecule has 1 aliphatic heterocycles. The van der Waals surface area contributed by atoms with Gasteiger partial charge in [-0.25, -0.2) is 4.39 Å². The smallest absolute Gasteiger partial charge is 0.257 e. The van der Waals surface area contributed by atoms with Gasteiger partial charge < -0.3 is 20.9 Å². The molecule has 1 aromatic heterocycles. The van der Waals surface area contributed by atoms with Gasteiger partial charge in [0.25, 0.3) is 11.8 Å². The normalized spacial score (nSPS) is 18.8. The van der Waals surface area contributed by atoms with Crippen molar-refractivity contribution in [3.05, 3.63) is 100 Å². The van der Waals surface area contributed by atoms with Gasteiger partial charge in [0.1, 0.15) is 11.9 Å². The summed E-state index contributed by atoms with van der Waals surface area (Å²) in [6.07, 6.45) is 4.51. The summed E-state index contributed by atoms with van der Waals surface area (Å²) in [4.78, 5) is 58.9. The number of carbonyl (C=O) groups is 4. The zero-order valence-corrected chi connectivity index (χ0v) is 24.9. The molecule has 0 unspecified atom stereocenters. The molecule has 2 atom stereocenters. The van der Waals surface area contributed by atoms with Crippen LogP contribution in [0, 0.1) is 11.7 Å². The van der Waals surface area contributed by atoms with Gasteiger partial charge in [0.05, 0.1) is 23.7 Å². The zero-order valence-electron chi connectivity index (χ0n) is 24.1. The topological polar surface area (TPSA) is 120 Å². The second kappa shape index (κ2) is 14.7. The van der Waals surface area contributed by atoms with Gasteiger partial charge in [0.15, 0.2) is 0 Å². The minimum atomic E-state index is -0.897. The van der Waals surface area contributed by atoms with E-state index < -0.39 is 41.5 Å². The molecule has 0 saturated heterocycles. The first-order valence-corrected chi connectivity index (χ1v) is 14.6. The molecule has 226 valence electrons. The average molecular weight is 608 g/mol. The number of hydrogen-bond acceptors (Lipinski definition) is 5. The summed E-state index contributed by atoms with van der Waals surface area (Å²) in [5.74, 6) is -3.12. The van der Waals surface area contributed by atoms with Crippen molar-refractivity contribution in [1.82, 2.24) is 25.8 Å². The monoisotopic (exact) mass is 607 g/mol. The van der Waals surface area contributed by atoms with Crippen LogP contribution in [0.5, 0.6) is 0 Å². The molecule has 3 N–H and O–H groups in total. The van der Waals surface area contributed by atoms with E-state index in [4.69, 9.17) is 11.6 Å². The summed E-state index contributed by atoms with van der Waals surface area (Å²) in [7, 11) is 0. The van der Waals surface area contributed by atoms with Crippen molar-refractivity contribution in [2.45, 2.75) is 45.2 Å². The first-order valence-electron chi connectivity index (χ1n) is 14.2. The zero-order chi connectivity index (χ0) is 30.9. The number of carbonyl (C=O) groups excluding carboxylic acids is 4. The second-order valence-electron chi connectivity index (χ2n) is 10.9. The Morgan fingerprint density at radius 1 is 1.07 bits per heavy atom. The van der Waals surface area contributed by atoms with Crippen molar-refractivity contribution < 1.29 is 23.6 Å². The van der Waals surface area contributed by atoms with E-state index >= 15 is 0 Å². The maximum Gasteiger partial charge on any atom is 0.257 e. The Morgan fingerprint density at radius 2 is 1.84 bits per heavy atom. The van der Waals surface area contributed by atoms with Gasteiger partial charge in [-0.3, -0.25) is 24.2 Å². The van der Waals surface area contributed by atoms with Crippen LogP contribution in [0.15, 0.2) is 67.0 Å². The Balaban J connectivity index is 1.70. The van der Waals surface area contributed by atoms with Crippen LogP contribution in [-0.4, -0.2) is 65.2 Å². The molecule has 0 fully saturated rings. The Labute approximate surface area is 255 Å². The number of halogens is 2. The van der Waals surface area contributed by atoms with Gasteiger partial charge in [0.2, 0.25) is 11.8 Å². The molecular weight excluding hydrogens is 573 g/mol.